The van der Waals surface area contributed by atoms with Crippen LogP contribution in [0, 0.1) is 0 Å². The summed E-state index contributed by atoms with van der Waals surface area (Å²) in [5.41, 5.74) is 3.75. The minimum Gasteiger partial charge on any atom is -0.379 e. The number of H-pyrrole nitrogens is 1. The smallest absolute Gasteiger partial charge is 0.220 e. The number of hydrogen-bond donors (Lipinski definition) is 2. The van der Waals surface area contributed by atoms with Crippen molar-refractivity contribution in [1.29, 1.82) is 0 Å². The minimum absolute atomic E-state index is 0.126. The van der Waals surface area contributed by atoms with Crippen molar-refractivity contribution >= 4 is 5.91 Å². The minimum atomic E-state index is 0.126. The number of carbonyl (C=O) groups is 1. The fourth-order valence-electron chi connectivity index (χ4n) is 3.25. The van der Waals surface area contributed by atoms with Gasteiger partial charge in [0, 0.05) is 44.7 Å². The number of nitrogens with one attached hydrogen (secondary N) is 2. The number of morpholine rings is 1. The number of carbonyl (C=O) groups excluding carboxylic acids is 1. The standard InChI is InChI=1S/C16H26N4O2/c21-16(17-7-8-20-9-11-22-12-10-20)6-5-15-13-3-1-2-4-14(13)18-19-15/h1-12H2,(H,17,21)(H,18,19). The number of ether oxygens (including phenoxy) is 1. The molecule has 0 bridgehead atoms. The maximum Gasteiger partial charge on any atom is 0.220 e. The van der Waals surface area contributed by atoms with Crippen LogP contribution in [0.4, 0.5) is 0 Å². The molecule has 0 radical (unpaired) electrons. The van der Waals surface area contributed by atoms with Crippen LogP contribution in [0.15, 0.2) is 0 Å². The molecule has 0 atom stereocenters. The molecule has 6 nitrogen and oxygen atoms in total. The molecule has 2 N–H and O–H groups in total. The molecular formula is C16H26N4O2. The van der Waals surface area contributed by atoms with Crippen molar-refractivity contribution in [2.45, 2.75) is 38.5 Å². The van der Waals surface area contributed by atoms with Gasteiger partial charge in [-0.05, 0) is 31.2 Å². The Hall–Kier alpha value is -1.40. The van der Waals surface area contributed by atoms with Gasteiger partial charge in [-0.25, -0.2) is 0 Å². The first-order valence-electron chi connectivity index (χ1n) is 8.45. The maximum absolute atomic E-state index is 12.0. The highest BCUT2D eigenvalue weighted by Crippen LogP contribution is 2.22. The van der Waals surface area contributed by atoms with Crippen molar-refractivity contribution in [2.75, 3.05) is 39.4 Å². The van der Waals surface area contributed by atoms with Crippen LogP contribution in [0.3, 0.4) is 0 Å². The first-order valence-corrected chi connectivity index (χ1v) is 8.45. The van der Waals surface area contributed by atoms with Crippen LogP contribution in [-0.4, -0.2) is 60.4 Å². The summed E-state index contributed by atoms with van der Waals surface area (Å²) in [7, 11) is 0. The SMILES string of the molecule is O=C(CCc1n[nH]c2c1CCCC2)NCCN1CCOCC1. The Morgan fingerprint density at radius 1 is 1.27 bits per heavy atom. The van der Waals surface area contributed by atoms with Crippen LogP contribution < -0.4 is 5.32 Å². The third kappa shape index (κ3) is 4.08. The summed E-state index contributed by atoms with van der Waals surface area (Å²) in [6.45, 7) is 5.17. The predicted molar refractivity (Wildman–Crippen MR) is 83.8 cm³/mol. The number of amides is 1. The average molecular weight is 306 g/mol. The quantitative estimate of drug-likeness (QED) is 0.810. The zero-order valence-corrected chi connectivity index (χ0v) is 13.2. The number of aromatic amines is 1. The summed E-state index contributed by atoms with van der Waals surface area (Å²) in [5.74, 6) is 0.126. The number of hydrogen-bond acceptors (Lipinski definition) is 4. The Labute approximate surface area is 131 Å². The van der Waals surface area contributed by atoms with Gasteiger partial charge in [0.2, 0.25) is 5.91 Å². The second-order valence-electron chi connectivity index (χ2n) is 6.14. The van der Waals surface area contributed by atoms with E-state index in [9.17, 15) is 4.79 Å². The lowest BCUT2D eigenvalue weighted by Crippen LogP contribution is -2.41. The summed E-state index contributed by atoms with van der Waals surface area (Å²) < 4.78 is 5.31. The second kappa shape index (κ2) is 7.74. The van der Waals surface area contributed by atoms with Gasteiger partial charge in [-0.1, -0.05) is 0 Å². The molecule has 1 aromatic heterocycles. The molecule has 0 saturated carbocycles. The Bertz CT molecular complexity index is 494. The van der Waals surface area contributed by atoms with E-state index in [2.05, 4.69) is 20.4 Å². The normalized spacial score (nSPS) is 18.9. The fraction of sp³-hybridized carbons (Fsp3) is 0.750. The topological polar surface area (TPSA) is 70.2 Å². The zero-order chi connectivity index (χ0) is 15.2. The zero-order valence-electron chi connectivity index (χ0n) is 13.2. The van der Waals surface area contributed by atoms with Gasteiger partial charge >= 0.3 is 0 Å². The lowest BCUT2D eigenvalue weighted by atomic mass is 9.95. The predicted octanol–water partition coefficient (Wildman–Crippen LogP) is 0.670. The molecule has 0 spiro atoms. The highest BCUT2D eigenvalue weighted by molar-refractivity contribution is 5.76. The molecule has 1 aromatic rings. The van der Waals surface area contributed by atoms with Crippen molar-refractivity contribution < 1.29 is 9.53 Å². The van der Waals surface area contributed by atoms with Crippen molar-refractivity contribution in [1.82, 2.24) is 20.4 Å². The van der Waals surface area contributed by atoms with E-state index in [0.717, 1.165) is 64.3 Å². The molecule has 1 amide bonds. The van der Waals surface area contributed by atoms with E-state index in [1.807, 2.05) is 0 Å². The molecule has 22 heavy (non-hydrogen) atoms. The molecule has 1 fully saturated rings. The number of fused-ring (bicyclic) bond motifs is 1. The molecule has 1 saturated heterocycles. The Morgan fingerprint density at radius 3 is 2.95 bits per heavy atom. The highest BCUT2D eigenvalue weighted by Gasteiger charge is 2.17. The Morgan fingerprint density at radius 2 is 2.09 bits per heavy atom. The summed E-state index contributed by atoms with van der Waals surface area (Å²) >= 11 is 0. The van der Waals surface area contributed by atoms with Gasteiger partial charge in [-0.2, -0.15) is 5.10 Å². The fourth-order valence-corrected chi connectivity index (χ4v) is 3.25. The lowest BCUT2D eigenvalue weighted by Gasteiger charge is -2.26. The summed E-state index contributed by atoms with van der Waals surface area (Å²) in [6, 6.07) is 0. The van der Waals surface area contributed by atoms with Crippen molar-refractivity contribution in [3.05, 3.63) is 17.0 Å². The molecule has 1 aliphatic heterocycles. The summed E-state index contributed by atoms with van der Waals surface area (Å²) in [5, 5.41) is 10.5. The third-order valence-electron chi connectivity index (χ3n) is 4.58. The van der Waals surface area contributed by atoms with E-state index in [4.69, 9.17) is 4.74 Å². The summed E-state index contributed by atoms with van der Waals surface area (Å²) in [4.78, 5) is 14.3. The number of aromatic nitrogens is 2. The van der Waals surface area contributed by atoms with Crippen molar-refractivity contribution in [3.8, 4) is 0 Å². The molecule has 1 aliphatic carbocycles. The molecule has 0 aromatic carbocycles. The highest BCUT2D eigenvalue weighted by atomic mass is 16.5. The van der Waals surface area contributed by atoms with Gasteiger partial charge in [0.15, 0.2) is 0 Å². The van der Waals surface area contributed by atoms with Gasteiger partial charge < -0.3 is 10.1 Å². The molecule has 6 heteroatoms. The third-order valence-corrected chi connectivity index (χ3v) is 4.58. The number of rotatable bonds is 6. The van der Waals surface area contributed by atoms with Crippen molar-refractivity contribution in [2.24, 2.45) is 0 Å². The van der Waals surface area contributed by atoms with Gasteiger partial charge in [0.05, 0.1) is 18.9 Å². The lowest BCUT2D eigenvalue weighted by molar-refractivity contribution is -0.121. The van der Waals surface area contributed by atoms with E-state index < -0.39 is 0 Å². The summed E-state index contributed by atoms with van der Waals surface area (Å²) in [6.07, 6.45) is 5.98. The van der Waals surface area contributed by atoms with Gasteiger partial charge in [-0.3, -0.25) is 14.8 Å². The van der Waals surface area contributed by atoms with E-state index in [1.54, 1.807) is 0 Å². The first kappa shape index (κ1) is 15.5. The first-order chi connectivity index (χ1) is 10.8. The molecule has 3 rings (SSSR count). The van der Waals surface area contributed by atoms with E-state index in [0.29, 0.717) is 6.42 Å². The van der Waals surface area contributed by atoms with E-state index >= 15 is 0 Å². The molecule has 122 valence electrons. The maximum atomic E-state index is 12.0. The van der Waals surface area contributed by atoms with E-state index in [-0.39, 0.29) is 5.91 Å². The van der Waals surface area contributed by atoms with Gasteiger partial charge in [0.25, 0.3) is 0 Å². The average Bonchev–Trinajstić information content (AvgIpc) is 2.97. The number of aryl methyl sites for hydroxylation is 2. The van der Waals surface area contributed by atoms with Crippen LogP contribution in [0.5, 0.6) is 0 Å². The van der Waals surface area contributed by atoms with Crippen LogP contribution in [0.1, 0.15) is 36.2 Å². The second-order valence-corrected chi connectivity index (χ2v) is 6.14. The van der Waals surface area contributed by atoms with Crippen LogP contribution in [0.2, 0.25) is 0 Å². The van der Waals surface area contributed by atoms with E-state index in [1.165, 1.54) is 24.1 Å². The Balaban J connectivity index is 1.36. The van der Waals surface area contributed by atoms with Gasteiger partial charge in [0.1, 0.15) is 0 Å². The molecule has 0 unspecified atom stereocenters. The van der Waals surface area contributed by atoms with Crippen LogP contribution in [-0.2, 0) is 28.8 Å². The van der Waals surface area contributed by atoms with Crippen molar-refractivity contribution in [3.63, 3.8) is 0 Å². The molecule has 2 heterocycles. The molecular weight excluding hydrogens is 280 g/mol. The van der Waals surface area contributed by atoms with Crippen LogP contribution in [0.25, 0.3) is 0 Å². The van der Waals surface area contributed by atoms with Gasteiger partial charge in [-0.15, -0.1) is 0 Å². The Kier molecular flexibility index (Phi) is 5.45. The monoisotopic (exact) mass is 306 g/mol. The molecule has 2 aliphatic rings. The largest absolute Gasteiger partial charge is 0.379 e. The number of nitrogens with zero attached hydrogens (tertiary/aromatic N) is 2. The van der Waals surface area contributed by atoms with Crippen LogP contribution >= 0.6 is 0 Å².